The minimum atomic E-state index is -1.05. The Labute approximate surface area is 90.6 Å². The molecule has 1 radical (unpaired) electrons. The smallest absolute Gasteiger partial charge is 0.400 e. The van der Waals surface area contributed by atoms with Crippen molar-refractivity contribution in [3.8, 4) is 0 Å². The van der Waals surface area contributed by atoms with Gasteiger partial charge in [-0.05, 0) is 12.1 Å². The molecule has 0 atom stereocenters. The molecule has 0 spiro atoms. The minimum Gasteiger partial charge on any atom is -0.478 e. The van der Waals surface area contributed by atoms with Crippen molar-refractivity contribution in [3.63, 3.8) is 0 Å². The van der Waals surface area contributed by atoms with E-state index in [1.165, 1.54) is 36.4 Å². The predicted molar refractivity (Wildman–Crippen MR) is 54.3 cm³/mol. The Morgan fingerprint density at radius 3 is 1.94 bits per heavy atom. The monoisotopic (exact) mass is 217 g/mol. The highest BCUT2D eigenvalue weighted by Gasteiger charge is 2.39. The van der Waals surface area contributed by atoms with Crippen LogP contribution in [0.2, 0.25) is 0 Å². The van der Waals surface area contributed by atoms with Crippen molar-refractivity contribution in [1.29, 1.82) is 0 Å². The molecule has 1 aliphatic rings. The summed E-state index contributed by atoms with van der Waals surface area (Å²) < 4.78 is 0. The van der Waals surface area contributed by atoms with E-state index in [2.05, 4.69) is 0 Å². The number of carboxylic acids is 1. The first-order valence-corrected chi connectivity index (χ1v) is 4.49. The van der Waals surface area contributed by atoms with Crippen molar-refractivity contribution >= 4 is 23.5 Å². The van der Waals surface area contributed by atoms with Crippen molar-refractivity contribution in [1.82, 2.24) is 4.90 Å². The molecule has 5 heteroatoms. The number of hydrogen-bond donors (Lipinski definition) is 1. The van der Waals surface area contributed by atoms with E-state index in [0.29, 0.717) is 5.69 Å². The second kappa shape index (κ2) is 3.71. The highest BCUT2D eigenvalue weighted by Crippen LogP contribution is 2.18. The minimum absolute atomic E-state index is 0.107. The average molecular weight is 217 g/mol. The van der Waals surface area contributed by atoms with E-state index in [4.69, 9.17) is 5.11 Å². The van der Waals surface area contributed by atoms with E-state index in [1.807, 2.05) is 0 Å². The van der Waals surface area contributed by atoms with Crippen LogP contribution in [0.15, 0.2) is 36.4 Å². The second-order valence-electron chi connectivity index (χ2n) is 3.20. The lowest BCUT2D eigenvalue weighted by atomic mass is 10.2. The van der Waals surface area contributed by atoms with Crippen LogP contribution < -0.4 is 4.90 Å². The zero-order valence-electron chi connectivity index (χ0n) is 8.08. The van der Waals surface area contributed by atoms with Crippen LogP contribution in [-0.4, -0.2) is 22.9 Å². The van der Waals surface area contributed by atoms with Crippen LogP contribution >= 0.6 is 0 Å². The standard InChI is InChI=1S/C11H7NO4/c13-9-5-6-10(14)12(9)8-3-1-7(2-4-8)11(15)16/h1-6H,(H,15,16)/q+1. The van der Waals surface area contributed by atoms with Crippen LogP contribution in [0.3, 0.4) is 0 Å². The Hall–Kier alpha value is -2.27. The van der Waals surface area contributed by atoms with Crippen LogP contribution in [0, 0.1) is 0 Å². The van der Waals surface area contributed by atoms with Gasteiger partial charge in [-0.15, -0.1) is 0 Å². The van der Waals surface area contributed by atoms with E-state index in [9.17, 15) is 14.4 Å². The van der Waals surface area contributed by atoms with Gasteiger partial charge in [-0.25, -0.2) is 14.4 Å². The van der Waals surface area contributed by atoms with Gasteiger partial charge in [0.2, 0.25) is 0 Å². The second-order valence-corrected chi connectivity index (χ2v) is 3.20. The number of carbonyl (C=O) groups excluding carboxylic acids is 2. The van der Waals surface area contributed by atoms with Gasteiger partial charge in [0, 0.05) is 17.0 Å². The number of imide groups is 1. The zero-order valence-corrected chi connectivity index (χ0v) is 8.08. The molecule has 1 aliphatic heterocycles. The summed E-state index contributed by atoms with van der Waals surface area (Å²) in [7, 11) is 0. The fourth-order valence-electron chi connectivity index (χ4n) is 1.41. The van der Waals surface area contributed by atoms with Crippen LogP contribution in [0.1, 0.15) is 10.4 Å². The number of carbonyl (C=O) groups is 3. The molecule has 5 nitrogen and oxygen atoms in total. The molecule has 0 saturated carbocycles. The van der Waals surface area contributed by atoms with Gasteiger partial charge in [0.05, 0.1) is 17.7 Å². The van der Waals surface area contributed by atoms with Gasteiger partial charge in [0.1, 0.15) is 0 Å². The average Bonchev–Trinajstić information content (AvgIpc) is 2.59. The van der Waals surface area contributed by atoms with Gasteiger partial charge in [0.15, 0.2) is 5.69 Å². The lowest BCUT2D eigenvalue weighted by Crippen LogP contribution is -2.30. The van der Waals surface area contributed by atoms with E-state index >= 15 is 0 Å². The lowest BCUT2D eigenvalue weighted by Gasteiger charge is -1.99. The van der Waals surface area contributed by atoms with Crippen LogP contribution in [0.5, 0.6) is 0 Å². The van der Waals surface area contributed by atoms with Crippen molar-refractivity contribution in [2.75, 3.05) is 0 Å². The number of rotatable bonds is 2. The van der Waals surface area contributed by atoms with E-state index in [1.54, 1.807) is 0 Å². The van der Waals surface area contributed by atoms with E-state index in [-0.39, 0.29) is 5.56 Å². The third kappa shape index (κ3) is 1.64. The molecule has 0 unspecified atom stereocenters. The van der Waals surface area contributed by atoms with Crippen molar-refractivity contribution in [3.05, 3.63) is 42.0 Å². The maximum Gasteiger partial charge on any atom is 0.400 e. The van der Waals surface area contributed by atoms with Crippen LogP contribution in [0.4, 0.5) is 5.69 Å². The SMILES string of the molecule is O=C(O)c1ccc([N+]2C(=O)C=CC2=O)cc1. The first-order chi connectivity index (χ1) is 7.59. The van der Waals surface area contributed by atoms with Gasteiger partial charge < -0.3 is 5.11 Å². The first-order valence-electron chi connectivity index (χ1n) is 4.49. The molecule has 16 heavy (non-hydrogen) atoms. The molecular formula is C11H7NO4+. The molecule has 1 aromatic carbocycles. The Kier molecular flexibility index (Phi) is 2.38. The molecular weight excluding hydrogens is 210 g/mol. The van der Waals surface area contributed by atoms with Crippen LogP contribution in [-0.2, 0) is 9.59 Å². The fourth-order valence-corrected chi connectivity index (χ4v) is 1.41. The summed E-state index contributed by atoms with van der Waals surface area (Å²) in [5.41, 5.74) is 0.473. The number of benzene rings is 1. The Balaban J connectivity index is 2.32. The number of hydrogen-bond acceptors (Lipinski definition) is 3. The Morgan fingerprint density at radius 2 is 1.50 bits per heavy atom. The highest BCUT2D eigenvalue weighted by atomic mass is 16.4. The molecule has 0 bridgehead atoms. The third-order valence-electron chi connectivity index (χ3n) is 2.18. The lowest BCUT2D eigenvalue weighted by molar-refractivity contribution is -0.127. The molecule has 0 saturated heterocycles. The van der Waals surface area contributed by atoms with Gasteiger partial charge in [-0.3, -0.25) is 0 Å². The Bertz CT molecular complexity index is 483. The normalized spacial score (nSPS) is 15.8. The van der Waals surface area contributed by atoms with E-state index < -0.39 is 17.8 Å². The summed E-state index contributed by atoms with van der Waals surface area (Å²) >= 11 is 0. The van der Waals surface area contributed by atoms with Gasteiger partial charge in [-0.1, -0.05) is 0 Å². The third-order valence-corrected chi connectivity index (χ3v) is 2.18. The zero-order chi connectivity index (χ0) is 11.7. The molecule has 0 aliphatic carbocycles. The largest absolute Gasteiger partial charge is 0.478 e. The molecule has 1 N–H and O–H groups in total. The van der Waals surface area contributed by atoms with Gasteiger partial charge >= 0.3 is 17.8 Å². The van der Waals surface area contributed by atoms with Crippen molar-refractivity contribution in [2.45, 2.75) is 0 Å². The number of nitrogens with zero attached hydrogens (tertiary/aromatic N) is 1. The molecule has 0 aromatic heterocycles. The van der Waals surface area contributed by atoms with Gasteiger partial charge in [-0.2, -0.15) is 0 Å². The van der Waals surface area contributed by atoms with E-state index in [0.717, 1.165) is 4.90 Å². The van der Waals surface area contributed by atoms with Crippen LogP contribution in [0.25, 0.3) is 0 Å². The molecule has 2 amide bonds. The summed E-state index contributed by atoms with van der Waals surface area (Å²) in [5.74, 6) is -1.90. The van der Waals surface area contributed by atoms with Crippen molar-refractivity contribution in [2.24, 2.45) is 0 Å². The van der Waals surface area contributed by atoms with Crippen molar-refractivity contribution < 1.29 is 19.5 Å². The maximum absolute atomic E-state index is 11.3. The number of carboxylic acid groups (broad SMARTS) is 1. The number of anilines is 1. The Morgan fingerprint density at radius 1 is 1.00 bits per heavy atom. The topological polar surface area (TPSA) is 77.3 Å². The predicted octanol–water partition coefficient (Wildman–Crippen LogP) is 0.779. The highest BCUT2D eigenvalue weighted by molar-refractivity contribution is 6.19. The maximum atomic E-state index is 11.3. The molecule has 0 fully saturated rings. The summed E-state index contributed by atoms with van der Waals surface area (Å²) in [4.78, 5) is 34.2. The first kappa shape index (κ1) is 10.3. The summed E-state index contributed by atoms with van der Waals surface area (Å²) in [6.45, 7) is 0. The molecule has 79 valence electrons. The number of amides is 2. The molecule has 1 heterocycles. The summed E-state index contributed by atoms with van der Waals surface area (Å²) in [6, 6.07) is 5.53. The summed E-state index contributed by atoms with van der Waals surface area (Å²) in [6.07, 6.45) is 2.35. The quantitative estimate of drug-likeness (QED) is 0.586. The summed E-state index contributed by atoms with van der Waals surface area (Å²) in [5, 5.41) is 8.69. The van der Waals surface area contributed by atoms with Gasteiger partial charge in [0.25, 0.3) is 0 Å². The number of aromatic carboxylic acids is 1. The molecule has 2 rings (SSSR count). The fraction of sp³-hybridized carbons (Fsp3) is 0. The molecule has 1 aromatic rings.